The molecule has 2 rings (SSSR count). The summed E-state index contributed by atoms with van der Waals surface area (Å²) in [5, 5.41) is 8.75. The Bertz CT molecular complexity index is 781. The first-order chi connectivity index (χ1) is 9.86. The lowest BCUT2D eigenvalue weighted by atomic mass is 10.2. The molecule has 0 aromatic heterocycles. The molecule has 0 fully saturated rings. The Balaban J connectivity index is 2.50. The highest BCUT2D eigenvalue weighted by Crippen LogP contribution is 2.27. The average molecular weight is 334 g/mol. The number of halogens is 3. The molecule has 2 aromatic carbocycles. The first kappa shape index (κ1) is 15.7. The van der Waals surface area contributed by atoms with Gasteiger partial charge in [-0.05, 0) is 18.2 Å². The second-order valence-electron chi connectivity index (χ2n) is 4.09. The van der Waals surface area contributed by atoms with E-state index in [0.29, 0.717) is 0 Å². The van der Waals surface area contributed by atoms with E-state index in [1.54, 1.807) is 0 Å². The molecule has 8 heteroatoms. The number of benzene rings is 2. The number of aliphatic hydroxyl groups is 1. The first-order valence-corrected chi connectivity index (χ1v) is 7.58. The number of rotatable bonds is 4. The van der Waals surface area contributed by atoms with Crippen molar-refractivity contribution in [3.05, 3.63) is 58.6 Å². The van der Waals surface area contributed by atoms with Gasteiger partial charge >= 0.3 is 0 Å². The van der Waals surface area contributed by atoms with Crippen LogP contribution < -0.4 is 4.72 Å². The Labute approximate surface area is 125 Å². The summed E-state index contributed by atoms with van der Waals surface area (Å²) in [5.74, 6) is -2.01. The number of anilines is 1. The van der Waals surface area contributed by atoms with Gasteiger partial charge in [0.2, 0.25) is 0 Å². The molecule has 4 nitrogen and oxygen atoms in total. The molecule has 2 aromatic rings. The third kappa shape index (κ3) is 3.15. The second kappa shape index (κ2) is 5.97. The third-order valence-electron chi connectivity index (χ3n) is 2.71. The highest BCUT2D eigenvalue weighted by Gasteiger charge is 2.23. The van der Waals surface area contributed by atoms with Gasteiger partial charge in [0.15, 0.2) is 5.82 Å². The van der Waals surface area contributed by atoms with Gasteiger partial charge in [0, 0.05) is 5.56 Å². The lowest BCUT2D eigenvalue weighted by molar-refractivity contribution is 0.282. The number of hydrogen-bond acceptors (Lipinski definition) is 3. The van der Waals surface area contributed by atoms with Crippen LogP contribution in [0.2, 0.25) is 5.02 Å². The van der Waals surface area contributed by atoms with Crippen LogP contribution in [0, 0.1) is 11.6 Å². The van der Waals surface area contributed by atoms with Gasteiger partial charge in [0.1, 0.15) is 10.7 Å². The van der Waals surface area contributed by atoms with Crippen LogP contribution in [0.5, 0.6) is 0 Å². The molecule has 0 aliphatic heterocycles. The summed E-state index contributed by atoms with van der Waals surface area (Å²) in [6.45, 7) is -0.576. The maximum atomic E-state index is 13.8. The molecule has 21 heavy (non-hydrogen) atoms. The minimum atomic E-state index is -4.38. The number of sulfonamides is 1. The number of aliphatic hydroxyl groups excluding tert-OH is 1. The Kier molecular flexibility index (Phi) is 4.46. The van der Waals surface area contributed by atoms with Crippen LogP contribution in [0.15, 0.2) is 41.3 Å². The average Bonchev–Trinajstić information content (AvgIpc) is 2.43. The van der Waals surface area contributed by atoms with Crippen molar-refractivity contribution in [2.24, 2.45) is 0 Å². The first-order valence-electron chi connectivity index (χ1n) is 5.72. The van der Waals surface area contributed by atoms with Crippen LogP contribution in [0.4, 0.5) is 14.5 Å². The molecule has 0 bridgehead atoms. The zero-order valence-electron chi connectivity index (χ0n) is 10.5. The Hall–Kier alpha value is -1.70. The fourth-order valence-corrected chi connectivity index (χ4v) is 3.14. The van der Waals surface area contributed by atoms with Gasteiger partial charge in [-0.25, -0.2) is 17.2 Å². The van der Waals surface area contributed by atoms with Gasteiger partial charge in [-0.15, -0.1) is 0 Å². The summed E-state index contributed by atoms with van der Waals surface area (Å²) in [5.41, 5.74) is -0.402. The molecule has 0 aliphatic rings. The van der Waals surface area contributed by atoms with E-state index in [-0.39, 0.29) is 10.6 Å². The largest absolute Gasteiger partial charge is 0.392 e. The molecule has 0 saturated heterocycles. The lowest BCUT2D eigenvalue weighted by Crippen LogP contribution is -2.17. The summed E-state index contributed by atoms with van der Waals surface area (Å²) in [6, 6.07) is 7.13. The van der Waals surface area contributed by atoms with Crippen molar-refractivity contribution in [1.82, 2.24) is 0 Å². The van der Waals surface area contributed by atoms with Crippen molar-refractivity contribution in [2.75, 3.05) is 4.72 Å². The smallest absolute Gasteiger partial charge is 0.264 e. The zero-order chi connectivity index (χ0) is 15.6. The van der Waals surface area contributed by atoms with Crippen molar-refractivity contribution in [1.29, 1.82) is 0 Å². The van der Waals surface area contributed by atoms with Gasteiger partial charge in [0.25, 0.3) is 10.0 Å². The highest BCUT2D eigenvalue weighted by atomic mass is 35.5. The van der Waals surface area contributed by atoms with Crippen LogP contribution >= 0.6 is 11.6 Å². The van der Waals surface area contributed by atoms with Crippen molar-refractivity contribution >= 4 is 27.3 Å². The highest BCUT2D eigenvalue weighted by molar-refractivity contribution is 7.92. The summed E-state index contributed by atoms with van der Waals surface area (Å²) < 4.78 is 53.7. The summed E-state index contributed by atoms with van der Waals surface area (Å²) >= 11 is 5.53. The van der Waals surface area contributed by atoms with E-state index in [9.17, 15) is 17.2 Å². The maximum absolute atomic E-state index is 13.8. The summed E-state index contributed by atoms with van der Waals surface area (Å²) in [4.78, 5) is -0.706. The fourth-order valence-electron chi connectivity index (χ4n) is 1.70. The maximum Gasteiger partial charge on any atom is 0.264 e. The van der Waals surface area contributed by atoms with Gasteiger partial charge in [-0.3, -0.25) is 4.72 Å². The van der Waals surface area contributed by atoms with Crippen molar-refractivity contribution in [2.45, 2.75) is 11.5 Å². The predicted molar refractivity (Wildman–Crippen MR) is 74.5 cm³/mol. The van der Waals surface area contributed by atoms with E-state index in [2.05, 4.69) is 0 Å². The molecule has 2 N–H and O–H groups in total. The molecule has 0 atom stereocenters. The minimum Gasteiger partial charge on any atom is -0.392 e. The van der Waals surface area contributed by atoms with E-state index in [1.807, 2.05) is 4.72 Å². The van der Waals surface area contributed by atoms with E-state index in [1.165, 1.54) is 24.3 Å². The second-order valence-corrected chi connectivity index (χ2v) is 6.15. The van der Waals surface area contributed by atoms with Crippen LogP contribution in [-0.2, 0) is 16.6 Å². The van der Waals surface area contributed by atoms with Crippen LogP contribution in [0.1, 0.15) is 5.56 Å². The predicted octanol–water partition coefficient (Wildman–Crippen LogP) is 2.91. The van der Waals surface area contributed by atoms with Gasteiger partial charge < -0.3 is 5.11 Å². The molecule has 112 valence electrons. The van der Waals surface area contributed by atoms with E-state index < -0.39 is 38.8 Å². The van der Waals surface area contributed by atoms with E-state index in [4.69, 9.17) is 16.7 Å². The quantitative estimate of drug-likeness (QED) is 0.904. The van der Waals surface area contributed by atoms with E-state index in [0.717, 1.165) is 12.1 Å². The normalized spacial score (nSPS) is 11.4. The minimum absolute atomic E-state index is 0.0287. The van der Waals surface area contributed by atoms with Gasteiger partial charge in [-0.2, -0.15) is 0 Å². The summed E-state index contributed by atoms with van der Waals surface area (Å²) in [6.07, 6.45) is 0. The molecule has 0 amide bonds. The van der Waals surface area contributed by atoms with Crippen LogP contribution in [0.25, 0.3) is 0 Å². The number of nitrogens with one attached hydrogen (secondary N) is 1. The molecule has 0 heterocycles. The third-order valence-corrected chi connectivity index (χ3v) is 4.37. The SMILES string of the molecule is O=S(=O)(Nc1c(F)cccc1CO)c1cccc(Cl)c1F. The molecule has 0 saturated carbocycles. The number of para-hydroxylation sites is 1. The van der Waals surface area contributed by atoms with Crippen molar-refractivity contribution < 1.29 is 22.3 Å². The Morgan fingerprint density at radius 3 is 2.48 bits per heavy atom. The molecular weight excluding hydrogens is 324 g/mol. The number of hydrogen-bond donors (Lipinski definition) is 2. The molecule has 0 spiro atoms. The van der Waals surface area contributed by atoms with Crippen LogP contribution in [0.3, 0.4) is 0 Å². The fraction of sp³-hybridized carbons (Fsp3) is 0.0769. The Morgan fingerprint density at radius 2 is 1.81 bits per heavy atom. The lowest BCUT2D eigenvalue weighted by Gasteiger charge is -2.13. The Morgan fingerprint density at radius 1 is 1.14 bits per heavy atom. The van der Waals surface area contributed by atoms with Crippen LogP contribution in [-0.4, -0.2) is 13.5 Å². The van der Waals surface area contributed by atoms with Crippen molar-refractivity contribution in [3.63, 3.8) is 0 Å². The van der Waals surface area contributed by atoms with E-state index >= 15 is 0 Å². The molecular formula is C13H10ClF2NO3S. The summed E-state index contributed by atoms with van der Waals surface area (Å²) in [7, 11) is -4.38. The molecule has 0 aliphatic carbocycles. The topological polar surface area (TPSA) is 66.4 Å². The van der Waals surface area contributed by atoms with Gasteiger partial charge in [-0.1, -0.05) is 29.8 Å². The molecule has 0 unspecified atom stereocenters. The zero-order valence-corrected chi connectivity index (χ0v) is 12.0. The standard InChI is InChI=1S/C13H10ClF2NO3S/c14-9-4-2-6-11(12(9)16)21(19,20)17-13-8(7-18)3-1-5-10(13)15/h1-6,17-18H,7H2. The van der Waals surface area contributed by atoms with Crippen molar-refractivity contribution in [3.8, 4) is 0 Å². The van der Waals surface area contributed by atoms with Gasteiger partial charge in [0.05, 0.1) is 17.3 Å². The monoisotopic (exact) mass is 333 g/mol. The molecule has 0 radical (unpaired) electrons.